The third-order valence-corrected chi connectivity index (χ3v) is 1.88. The largest absolute Gasteiger partial charge is 0.0868 e. The maximum absolute atomic E-state index is 8.19. The summed E-state index contributed by atoms with van der Waals surface area (Å²) in [5, 5.41) is 3.55. The normalized spacial score (nSPS) is 12.4. The number of hydrogen-bond donors (Lipinski definition) is 0. The fourth-order valence-electron chi connectivity index (χ4n) is 1.05. The first kappa shape index (κ1) is 10.4. The standard InChI is InChI=1S/C11H13N3/c1-9-3-6-11(7-4-9)8-5-10(2)13-14-12/h3-8,10H,1-2H3/b8-5+. The van der Waals surface area contributed by atoms with E-state index in [-0.39, 0.29) is 6.04 Å². The third-order valence-electron chi connectivity index (χ3n) is 1.88. The van der Waals surface area contributed by atoms with Crippen molar-refractivity contribution in [2.45, 2.75) is 19.9 Å². The monoisotopic (exact) mass is 187 g/mol. The fraction of sp³-hybridized carbons (Fsp3) is 0.273. The van der Waals surface area contributed by atoms with Crippen LogP contribution in [0.1, 0.15) is 18.1 Å². The van der Waals surface area contributed by atoms with Crippen molar-refractivity contribution in [3.63, 3.8) is 0 Å². The van der Waals surface area contributed by atoms with Crippen molar-refractivity contribution in [2.75, 3.05) is 0 Å². The van der Waals surface area contributed by atoms with E-state index in [1.165, 1.54) is 5.56 Å². The number of rotatable bonds is 3. The molecule has 14 heavy (non-hydrogen) atoms. The highest BCUT2D eigenvalue weighted by molar-refractivity contribution is 5.50. The molecule has 1 aromatic carbocycles. The molecular weight excluding hydrogens is 174 g/mol. The average molecular weight is 187 g/mol. The quantitative estimate of drug-likeness (QED) is 0.393. The van der Waals surface area contributed by atoms with Gasteiger partial charge in [0.2, 0.25) is 0 Å². The maximum Gasteiger partial charge on any atom is 0.0530 e. The molecule has 0 saturated heterocycles. The van der Waals surface area contributed by atoms with Gasteiger partial charge in [-0.2, -0.15) is 0 Å². The maximum atomic E-state index is 8.19. The molecule has 1 atom stereocenters. The SMILES string of the molecule is Cc1ccc(/C=C/C(C)N=[N+]=[N-])cc1. The first-order valence-electron chi connectivity index (χ1n) is 4.51. The van der Waals surface area contributed by atoms with Crippen LogP contribution in [0.2, 0.25) is 0 Å². The summed E-state index contributed by atoms with van der Waals surface area (Å²) in [6.45, 7) is 3.90. The minimum atomic E-state index is -0.0960. The average Bonchev–Trinajstić information content (AvgIpc) is 2.17. The van der Waals surface area contributed by atoms with Crippen molar-refractivity contribution < 1.29 is 0 Å². The van der Waals surface area contributed by atoms with Crippen LogP contribution in [0.15, 0.2) is 35.5 Å². The summed E-state index contributed by atoms with van der Waals surface area (Å²) in [6, 6.07) is 8.08. The van der Waals surface area contributed by atoms with Crippen LogP contribution < -0.4 is 0 Å². The molecular formula is C11H13N3. The van der Waals surface area contributed by atoms with Gasteiger partial charge in [0.1, 0.15) is 0 Å². The summed E-state index contributed by atoms with van der Waals surface area (Å²) < 4.78 is 0. The van der Waals surface area contributed by atoms with Gasteiger partial charge in [-0.3, -0.25) is 0 Å². The number of aryl methyl sites for hydroxylation is 1. The zero-order valence-electron chi connectivity index (χ0n) is 8.38. The van der Waals surface area contributed by atoms with Crippen molar-refractivity contribution in [3.8, 4) is 0 Å². The first-order chi connectivity index (χ1) is 6.72. The second-order valence-electron chi connectivity index (χ2n) is 3.22. The summed E-state index contributed by atoms with van der Waals surface area (Å²) >= 11 is 0. The van der Waals surface area contributed by atoms with Crippen LogP contribution in [0.3, 0.4) is 0 Å². The number of azide groups is 1. The van der Waals surface area contributed by atoms with Crippen LogP contribution >= 0.6 is 0 Å². The van der Waals surface area contributed by atoms with E-state index in [4.69, 9.17) is 5.53 Å². The molecule has 0 heterocycles. The number of hydrogen-bond acceptors (Lipinski definition) is 1. The Hall–Kier alpha value is -1.73. The molecule has 0 bridgehead atoms. The molecule has 0 aliphatic heterocycles. The van der Waals surface area contributed by atoms with Crippen molar-refractivity contribution in [2.24, 2.45) is 5.11 Å². The van der Waals surface area contributed by atoms with Crippen LogP contribution in [-0.4, -0.2) is 6.04 Å². The Labute approximate surface area is 83.7 Å². The second-order valence-corrected chi connectivity index (χ2v) is 3.22. The van der Waals surface area contributed by atoms with Gasteiger partial charge >= 0.3 is 0 Å². The topological polar surface area (TPSA) is 48.8 Å². The van der Waals surface area contributed by atoms with Gasteiger partial charge in [0, 0.05) is 4.91 Å². The molecule has 0 fully saturated rings. The molecule has 0 amide bonds. The van der Waals surface area contributed by atoms with Gasteiger partial charge in [-0.1, -0.05) is 54.0 Å². The van der Waals surface area contributed by atoms with Crippen LogP contribution in [0.5, 0.6) is 0 Å². The van der Waals surface area contributed by atoms with Crippen molar-refractivity contribution in [1.82, 2.24) is 0 Å². The van der Waals surface area contributed by atoms with Crippen LogP contribution in [0.25, 0.3) is 16.5 Å². The third kappa shape index (κ3) is 3.33. The smallest absolute Gasteiger partial charge is 0.0530 e. The minimum absolute atomic E-state index is 0.0960. The van der Waals surface area contributed by atoms with Gasteiger partial charge in [-0.15, -0.1) is 0 Å². The Bertz CT molecular complexity index is 359. The summed E-state index contributed by atoms with van der Waals surface area (Å²) in [5.74, 6) is 0. The zero-order chi connectivity index (χ0) is 10.4. The molecule has 0 radical (unpaired) electrons. The Morgan fingerprint density at radius 2 is 2.00 bits per heavy atom. The highest BCUT2D eigenvalue weighted by Gasteiger charge is 1.90. The van der Waals surface area contributed by atoms with E-state index in [1.54, 1.807) is 0 Å². The molecule has 0 aliphatic rings. The lowest BCUT2D eigenvalue weighted by Gasteiger charge is -1.96. The van der Waals surface area contributed by atoms with Crippen molar-refractivity contribution >= 4 is 6.08 Å². The van der Waals surface area contributed by atoms with Gasteiger partial charge in [0.25, 0.3) is 0 Å². The Morgan fingerprint density at radius 1 is 1.36 bits per heavy atom. The van der Waals surface area contributed by atoms with Crippen LogP contribution in [-0.2, 0) is 0 Å². The van der Waals surface area contributed by atoms with Gasteiger partial charge < -0.3 is 0 Å². The molecule has 3 heteroatoms. The zero-order valence-corrected chi connectivity index (χ0v) is 8.38. The summed E-state index contributed by atoms with van der Waals surface area (Å²) in [4.78, 5) is 2.74. The van der Waals surface area contributed by atoms with Crippen molar-refractivity contribution in [1.29, 1.82) is 0 Å². The van der Waals surface area contributed by atoms with Gasteiger partial charge in [-0.05, 0) is 18.0 Å². The highest BCUT2D eigenvalue weighted by Crippen LogP contribution is 2.06. The molecule has 1 unspecified atom stereocenters. The lowest BCUT2D eigenvalue weighted by Crippen LogP contribution is -1.87. The molecule has 3 nitrogen and oxygen atoms in total. The summed E-state index contributed by atoms with van der Waals surface area (Å²) in [7, 11) is 0. The summed E-state index contributed by atoms with van der Waals surface area (Å²) in [6.07, 6.45) is 3.84. The molecule has 0 aromatic heterocycles. The Balaban J connectivity index is 2.68. The van der Waals surface area contributed by atoms with E-state index in [2.05, 4.69) is 29.1 Å². The Kier molecular flexibility index (Phi) is 3.77. The predicted molar refractivity (Wildman–Crippen MR) is 58.8 cm³/mol. The molecule has 1 rings (SSSR count). The van der Waals surface area contributed by atoms with E-state index in [1.807, 2.05) is 31.2 Å². The van der Waals surface area contributed by atoms with Crippen LogP contribution in [0.4, 0.5) is 0 Å². The number of nitrogens with zero attached hydrogens (tertiary/aromatic N) is 3. The minimum Gasteiger partial charge on any atom is -0.0868 e. The van der Waals surface area contributed by atoms with Crippen molar-refractivity contribution in [3.05, 3.63) is 51.9 Å². The first-order valence-corrected chi connectivity index (χ1v) is 4.51. The predicted octanol–water partition coefficient (Wildman–Crippen LogP) is 3.71. The molecule has 0 spiro atoms. The Morgan fingerprint density at radius 3 is 2.57 bits per heavy atom. The van der Waals surface area contributed by atoms with E-state index in [0.29, 0.717) is 0 Å². The number of benzene rings is 1. The van der Waals surface area contributed by atoms with Gasteiger partial charge in [0.15, 0.2) is 0 Å². The highest BCUT2D eigenvalue weighted by atomic mass is 15.1. The molecule has 0 N–H and O–H groups in total. The lowest BCUT2D eigenvalue weighted by molar-refractivity contribution is 0.915. The van der Waals surface area contributed by atoms with E-state index in [9.17, 15) is 0 Å². The van der Waals surface area contributed by atoms with Crippen LogP contribution in [0, 0.1) is 6.92 Å². The molecule has 0 aliphatic carbocycles. The van der Waals surface area contributed by atoms with Gasteiger partial charge in [0.05, 0.1) is 6.04 Å². The van der Waals surface area contributed by atoms with Gasteiger partial charge in [-0.25, -0.2) is 0 Å². The summed E-state index contributed by atoms with van der Waals surface area (Å²) in [5.41, 5.74) is 10.6. The fourth-order valence-corrected chi connectivity index (χ4v) is 1.05. The molecule has 1 aromatic rings. The van der Waals surface area contributed by atoms with E-state index >= 15 is 0 Å². The molecule has 72 valence electrons. The van der Waals surface area contributed by atoms with E-state index < -0.39 is 0 Å². The van der Waals surface area contributed by atoms with E-state index in [0.717, 1.165) is 5.56 Å². The second kappa shape index (κ2) is 5.10. The molecule has 0 saturated carbocycles. The lowest BCUT2D eigenvalue weighted by atomic mass is 10.1.